The zero-order valence-electron chi connectivity index (χ0n) is 16.2. The van der Waals surface area contributed by atoms with Gasteiger partial charge in [0.25, 0.3) is 0 Å². The van der Waals surface area contributed by atoms with Gasteiger partial charge < -0.3 is 24.3 Å². The van der Waals surface area contributed by atoms with Crippen LogP contribution in [0.3, 0.4) is 0 Å². The minimum absolute atomic E-state index is 0.0417. The highest BCUT2D eigenvalue weighted by Gasteiger charge is 2.23. The number of nitrogens with zero attached hydrogens (tertiary/aromatic N) is 2. The van der Waals surface area contributed by atoms with Crippen LogP contribution in [0, 0.1) is 0 Å². The Kier molecular flexibility index (Phi) is 6.94. The summed E-state index contributed by atoms with van der Waals surface area (Å²) in [4.78, 5) is 28.3. The number of carbonyl (C=O) groups excluding carboxylic acids is 2. The van der Waals surface area contributed by atoms with Gasteiger partial charge in [-0.15, -0.1) is 0 Å². The summed E-state index contributed by atoms with van der Waals surface area (Å²) in [5.74, 6) is 1.44. The number of benzene rings is 1. The molecule has 3 rings (SSSR count). The van der Waals surface area contributed by atoms with E-state index in [1.807, 2.05) is 37.3 Å². The van der Waals surface area contributed by atoms with Crippen molar-refractivity contribution in [2.45, 2.75) is 32.2 Å². The Hall–Kier alpha value is -2.96. The van der Waals surface area contributed by atoms with Gasteiger partial charge in [-0.05, 0) is 44.0 Å². The van der Waals surface area contributed by atoms with Crippen molar-refractivity contribution in [3.8, 4) is 5.75 Å². The van der Waals surface area contributed by atoms with Gasteiger partial charge in [-0.25, -0.2) is 9.59 Å². The summed E-state index contributed by atoms with van der Waals surface area (Å²) in [5, 5.41) is 3.03. The first-order valence-electron chi connectivity index (χ1n) is 9.71. The summed E-state index contributed by atoms with van der Waals surface area (Å²) >= 11 is 0. The lowest BCUT2D eigenvalue weighted by Gasteiger charge is -2.24. The van der Waals surface area contributed by atoms with Gasteiger partial charge in [0.2, 0.25) is 0 Å². The van der Waals surface area contributed by atoms with E-state index in [9.17, 15) is 9.59 Å². The smallest absolute Gasteiger partial charge is 0.415 e. The molecule has 3 amide bonds. The van der Waals surface area contributed by atoms with Gasteiger partial charge in [0.1, 0.15) is 11.5 Å². The maximum atomic E-state index is 12.5. The molecule has 7 heteroatoms. The SMILES string of the molecule is CC(CCc1ccco1)NC(=O)N1CCCN(C(=O)Oc2ccccc2)CC1. The molecule has 1 saturated heterocycles. The molecule has 0 bridgehead atoms. The fraction of sp³-hybridized carbons (Fsp3) is 0.429. The van der Waals surface area contributed by atoms with Crippen molar-refractivity contribution in [1.82, 2.24) is 15.1 Å². The number of urea groups is 1. The lowest BCUT2D eigenvalue weighted by atomic mass is 10.1. The zero-order valence-corrected chi connectivity index (χ0v) is 16.2. The van der Waals surface area contributed by atoms with Crippen LogP contribution in [0.2, 0.25) is 0 Å². The average molecular weight is 385 g/mol. The molecule has 1 aliphatic rings. The van der Waals surface area contributed by atoms with Crippen LogP contribution in [-0.2, 0) is 6.42 Å². The Morgan fingerprint density at radius 1 is 1.07 bits per heavy atom. The molecule has 1 fully saturated rings. The van der Waals surface area contributed by atoms with E-state index in [1.54, 1.807) is 28.2 Å². The first kappa shape index (κ1) is 19.8. The molecule has 1 unspecified atom stereocenters. The van der Waals surface area contributed by atoms with E-state index in [1.165, 1.54) is 0 Å². The van der Waals surface area contributed by atoms with Crippen molar-refractivity contribution in [1.29, 1.82) is 0 Å². The highest BCUT2D eigenvalue weighted by atomic mass is 16.6. The van der Waals surface area contributed by atoms with Gasteiger partial charge in [-0.1, -0.05) is 18.2 Å². The molecule has 2 heterocycles. The molecule has 1 N–H and O–H groups in total. The highest BCUT2D eigenvalue weighted by Crippen LogP contribution is 2.12. The number of ether oxygens (including phenoxy) is 1. The van der Waals surface area contributed by atoms with Crippen molar-refractivity contribution < 1.29 is 18.7 Å². The molecule has 28 heavy (non-hydrogen) atoms. The van der Waals surface area contributed by atoms with Crippen LogP contribution in [0.15, 0.2) is 53.1 Å². The quantitative estimate of drug-likeness (QED) is 0.855. The van der Waals surface area contributed by atoms with E-state index >= 15 is 0 Å². The van der Waals surface area contributed by atoms with Crippen molar-refractivity contribution in [3.05, 3.63) is 54.5 Å². The van der Waals surface area contributed by atoms with Crippen molar-refractivity contribution in [2.75, 3.05) is 26.2 Å². The molecule has 0 saturated carbocycles. The maximum Gasteiger partial charge on any atom is 0.415 e. The second-order valence-corrected chi connectivity index (χ2v) is 6.98. The summed E-state index contributed by atoms with van der Waals surface area (Å²) in [6.45, 7) is 4.12. The van der Waals surface area contributed by atoms with Crippen molar-refractivity contribution >= 4 is 12.1 Å². The van der Waals surface area contributed by atoms with E-state index in [-0.39, 0.29) is 18.2 Å². The van der Waals surface area contributed by atoms with Crippen LogP contribution in [0.5, 0.6) is 5.75 Å². The molecule has 150 valence electrons. The Bertz CT molecular complexity index is 748. The molecule has 7 nitrogen and oxygen atoms in total. The number of rotatable bonds is 5. The number of carbonyl (C=O) groups is 2. The minimum atomic E-state index is -0.375. The third-order valence-corrected chi connectivity index (χ3v) is 4.76. The van der Waals surface area contributed by atoms with E-state index in [0.29, 0.717) is 31.9 Å². The second-order valence-electron chi connectivity index (χ2n) is 6.98. The van der Waals surface area contributed by atoms with Crippen LogP contribution in [0.4, 0.5) is 9.59 Å². The summed E-state index contributed by atoms with van der Waals surface area (Å²) in [5.41, 5.74) is 0. The summed E-state index contributed by atoms with van der Waals surface area (Å²) in [6.07, 6.45) is 3.60. The third-order valence-electron chi connectivity index (χ3n) is 4.76. The van der Waals surface area contributed by atoms with Gasteiger partial charge in [0, 0.05) is 38.6 Å². The van der Waals surface area contributed by atoms with Gasteiger partial charge in [0.05, 0.1) is 6.26 Å². The maximum absolute atomic E-state index is 12.5. The van der Waals surface area contributed by atoms with E-state index in [2.05, 4.69) is 5.32 Å². The van der Waals surface area contributed by atoms with Crippen LogP contribution >= 0.6 is 0 Å². The van der Waals surface area contributed by atoms with Crippen LogP contribution < -0.4 is 10.1 Å². The van der Waals surface area contributed by atoms with Crippen molar-refractivity contribution in [2.24, 2.45) is 0 Å². The molecular weight excluding hydrogens is 358 g/mol. The minimum Gasteiger partial charge on any atom is -0.469 e. The number of furan rings is 1. The third kappa shape index (κ3) is 5.77. The first-order chi connectivity index (χ1) is 13.6. The molecule has 1 atom stereocenters. The predicted molar refractivity (Wildman–Crippen MR) is 105 cm³/mol. The van der Waals surface area contributed by atoms with Crippen LogP contribution in [-0.4, -0.2) is 54.1 Å². The molecule has 2 aromatic rings. The normalized spacial score (nSPS) is 15.6. The number of nitrogens with one attached hydrogen (secondary N) is 1. The van der Waals surface area contributed by atoms with Gasteiger partial charge in [-0.3, -0.25) is 0 Å². The average Bonchev–Trinajstić information content (AvgIpc) is 3.09. The number of hydrogen-bond donors (Lipinski definition) is 1. The van der Waals surface area contributed by atoms with Crippen LogP contribution in [0.1, 0.15) is 25.5 Å². The number of amides is 3. The fourth-order valence-corrected chi connectivity index (χ4v) is 3.14. The summed E-state index contributed by atoms with van der Waals surface area (Å²) < 4.78 is 10.7. The molecule has 0 aliphatic carbocycles. The topological polar surface area (TPSA) is 75.0 Å². The van der Waals surface area contributed by atoms with E-state index in [0.717, 1.165) is 25.0 Å². The monoisotopic (exact) mass is 385 g/mol. The Labute approximate surface area is 165 Å². The Morgan fingerprint density at radius 2 is 1.82 bits per heavy atom. The largest absolute Gasteiger partial charge is 0.469 e. The lowest BCUT2D eigenvalue weighted by Crippen LogP contribution is -2.45. The number of hydrogen-bond acceptors (Lipinski definition) is 4. The standard InChI is InChI=1S/C21H27N3O4/c1-17(10-11-18-9-5-16-27-18)22-20(25)23-12-6-13-24(15-14-23)21(26)28-19-7-3-2-4-8-19/h2-5,7-9,16-17H,6,10-15H2,1H3,(H,22,25). The Balaban J connectivity index is 1.43. The molecular formula is C21H27N3O4. The lowest BCUT2D eigenvalue weighted by molar-refractivity contribution is 0.153. The molecule has 0 spiro atoms. The highest BCUT2D eigenvalue weighted by molar-refractivity contribution is 5.75. The fourth-order valence-electron chi connectivity index (χ4n) is 3.14. The first-order valence-corrected chi connectivity index (χ1v) is 9.71. The molecule has 1 aromatic heterocycles. The summed E-state index contributed by atoms with van der Waals surface area (Å²) in [7, 11) is 0. The molecule has 1 aliphatic heterocycles. The zero-order chi connectivity index (χ0) is 19.8. The van der Waals surface area contributed by atoms with Crippen molar-refractivity contribution in [3.63, 3.8) is 0 Å². The van der Waals surface area contributed by atoms with E-state index < -0.39 is 0 Å². The predicted octanol–water partition coefficient (Wildman–Crippen LogP) is 3.52. The molecule has 1 aromatic carbocycles. The number of aryl methyl sites for hydroxylation is 1. The van der Waals surface area contributed by atoms with Gasteiger partial charge in [0.15, 0.2) is 0 Å². The molecule has 0 radical (unpaired) electrons. The van der Waals surface area contributed by atoms with E-state index in [4.69, 9.17) is 9.15 Å². The second kappa shape index (κ2) is 9.82. The van der Waals surface area contributed by atoms with Crippen LogP contribution in [0.25, 0.3) is 0 Å². The number of para-hydroxylation sites is 1. The Morgan fingerprint density at radius 3 is 2.57 bits per heavy atom. The van der Waals surface area contributed by atoms with Gasteiger partial charge >= 0.3 is 12.1 Å². The summed E-state index contributed by atoms with van der Waals surface area (Å²) in [6, 6.07) is 12.8. The van der Waals surface area contributed by atoms with Gasteiger partial charge in [-0.2, -0.15) is 0 Å².